The molecule has 0 spiro atoms. The molecule has 150 valence electrons. The molecule has 0 atom stereocenters. The summed E-state index contributed by atoms with van der Waals surface area (Å²) in [5, 5.41) is 0.302. The lowest BCUT2D eigenvalue weighted by Crippen LogP contribution is -2.21. The highest BCUT2D eigenvalue weighted by atomic mass is 32.2. The minimum absolute atomic E-state index is 0.0117. The molecule has 0 radical (unpaired) electrons. The zero-order chi connectivity index (χ0) is 21.3. The van der Waals surface area contributed by atoms with E-state index in [1.807, 2.05) is 0 Å². The second-order valence-corrected chi connectivity index (χ2v) is 8.17. The molecule has 0 unspecified atom stereocenters. The molecule has 7 nitrogen and oxygen atoms in total. The molecular formula is C22H16N2O5S. The Kier molecular flexibility index (Phi) is 4.93. The monoisotopic (exact) mass is 420 g/mol. The molecule has 2 heterocycles. The van der Waals surface area contributed by atoms with Crippen LogP contribution in [0.2, 0.25) is 0 Å². The van der Waals surface area contributed by atoms with Gasteiger partial charge in [-0.2, -0.15) is 0 Å². The van der Waals surface area contributed by atoms with E-state index in [0.717, 1.165) is 3.97 Å². The molecule has 0 saturated carbocycles. The van der Waals surface area contributed by atoms with Crippen LogP contribution >= 0.6 is 0 Å². The number of methoxy groups -OCH3 is 1. The largest absolute Gasteiger partial charge is 0.465 e. The zero-order valence-corrected chi connectivity index (χ0v) is 16.7. The van der Waals surface area contributed by atoms with Crippen molar-refractivity contribution in [2.75, 3.05) is 7.11 Å². The Hall–Kier alpha value is -3.78. The molecule has 0 aliphatic rings. The van der Waals surface area contributed by atoms with Crippen molar-refractivity contribution in [3.63, 3.8) is 0 Å². The van der Waals surface area contributed by atoms with E-state index < -0.39 is 21.8 Å². The number of carbonyl (C=O) groups excluding carboxylic acids is 2. The van der Waals surface area contributed by atoms with Crippen molar-refractivity contribution in [2.24, 2.45) is 0 Å². The maximum Gasteiger partial charge on any atom is 0.340 e. The molecule has 0 amide bonds. The maximum atomic E-state index is 13.6. The van der Waals surface area contributed by atoms with E-state index in [9.17, 15) is 18.0 Å². The number of pyridine rings is 1. The highest BCUT2D eigenvalue weighted by Crippen LogP contribution is 2.32. The van der Waals surface area contributed by atoms with Gasteiger partial charge < -0.3 is 4.74 Å². The van der Waals surface area contributed by atoms with Crippen molar-refractivity contribution in [2.45, 2.75) is 4.90 Å². The number of nitrogens with zero attached hydrogens (tertiary/aromatic N) is 2. The van der Waals surface area contributed by atoms with Crippen molar-refractivity contribution in [1.82, 2.24) is 8.96 Å². The van der Waals surface area contributed by atoms with Gasteiger partial charge in [0.05, 0.1) is 23.1 Å². The molecule has 0 aliphatic carbocycles. The van der Waals surface area contributed by atoms with Gasteiger partial charge in [-0.15, -0.1) is 0 Å². The first kappa shape index (κ1) is 19.5. The van der Waals surface area contributed by atoms with Crippen LogP contribution in [0.3, 0.4) is 0 Å². The third-order valence-electron chi connectivity index (χ3n) is 4.64. The van der Waals surface area contributed by atoms with Gasteiger partial charge in [-0.1, -0.05) is 36.4 Å². The predicted molar refractivity (Wildman–Crippen MR) is 110 cm³/mol. The molecule has 4 aromatic rings. The van der Waals surface area contributed by atoms with Crippen molar-refractivity contribution in [1.29, 1.82) is 0 Å². The first-order valence-electron chi connectivity index (χ1n) is 8.94. The number of carbonyl (C=O) groups is 2. The van der Waals surface area contributed by atoms with Gasteiger partial charge >= 0.3 is 5.97 Å². The topological polar surface area (TPSA) is 95.3 Å². The predicted octanol–water partition coefficient (Wildman–Crippen LogP) is 3.29. The van der Waals surface area contributed by atoms with Crippen molar-refractivity contribution in [3.05, 3.63) is 95.9 Å². The van der Waals surface area contributed by atoms with Crippen LogP contribution in [0.4, 0.5) is 0 Å². The first-order valence-corrected chi connectivity index (χ1v) is 10.4. The average Bonchev–Trinajstić information content (AvgIpc) is 3.15. The van der Waals surface area contributed by atoms with Gasteiger partial charge in [-0.05, 0) is 30.3 Å². The number of hydrogen-bond donors (Lipinski definition) is 0. The minimum Gasteiger partial charge on any atom is -0.465 e. The molecule has 0 fully saturated rings. The molecule has 0 saturated heterocycles. The maximum absolute atomic E-state index is 13.6. The minimum atomic E-state index is -4.20. The number of aromatic nitrogens is 2. The Morgan fingerprint density at radius 2 is 1.63 bits per heavy atom. The summed E-state index contributed by atoms with van der Waals surface area (Å²) < 4.78 is 32.9. The molecule has 30 heavy (non-hydrogen) atoms. The standard InChI is InChI=1S/C22H16N2O5S/c1-29-22(26)19-17-11-5-6-12-18(17)24(30(27,28)16-9-3-2-4-10-16)20(19)21(25)15-8-7-13-23-14-15/h2-14H,1H3. The van der Waals surface area contributed by atoms with Gasteiger partial charge in [0.2, 0.25) is 5.78 Å². The lowest BCUT2D eigenvalue weighted by molar-refractivity contribution is 0.0599. The Bertz CT molecular complexity index is 1360. The van der Waals surface area contributed by atoms with E-state index in [0.29, 0.717) is 5.39 Å². The number of rotatable bonds is 5. The van der Waals surface area contributed by atoms with Crippen molar-refractivity contribution < 1.29 is 22.7 Å². The van der Waals surface area contributed by atoms with Crippen LogP contribution in [0.25, 0.3) is 10.9 Å². The Labute approximate surface area is 172 Å². The number of esters is 1. The van der Waals surface area contributed by atoms with Crippen LogP contribution in [-0.2, 0) is 14.8 Å². The van der Waals surface area contributed by atoms with E-state index in [-0.39, 0.29) is 27.2 Å². The highest BCUT2D eigenvalue weighted by molar-refractivity contribution is 7.90. The quantitative estimate of drug-likeness (QED) is 0.363. The van der Waals surface area contributed by atoms with Crippen LogP contribution in [0, 0.1) is 0 Å². The summed E-state index contributed by atoms with van der Waals surface area (Å²) >= 11 is 0. The fraction of sp³-hybridized carbons (Fsp3) is 0.0455. The Morgan fingerprint density at radius 3 is 2.30 bits per heavy atom. The van der Waals surface area contributed by atoms with Gasteiger partial charge in [-0.3, -0.25) is 9.78 Å². The number of benzene rings is 2. The molecule has 2 aromatic carbocycles. The zero-order valence-electron chi connectivity index (χ0n) is 15.8. The number of para-hydroxylation sites is 1. The molecule has 2 aromatic heterocycles. The lowest BCUT2D eigenvalue weighted by atomic mass is 10.0. The summed E-state index contributed by atoms with van der Waals surface area (Å²) in [6, 6.07) is 17.2. The second-order valence-electron chi connectivity index (χ2n) is 6.39. The van der Waals surface area contributed by atoms with Crippen molar-refractivity contribution >= 4 is 32.7 Å². The van der Waals surface area contributed by atoms with Gasteiger partial charge in [-0.25, -0.2) is 17.2 Å². The summed E-state index contributed by atoms with van der Waals surface area (Å²) in [6.07, 6.45) is 2.81. The number of hydrogen-bond acceptors (Lipinski definition) is 6. The van der Waals surface area contributed by atoms with Crippen molar-refractivity contribution in [3.8, 4) is 0 Å². The van der Waals surface area contributed by atoms with Crippen LogP contribution in [0.1, 0.15) is 26.4 Å². The summed E-state index contributed by atoms with van der Waals surface area (Å²) in [7, 11) is -3.02. The second kappa shape index (κ2) is 7.57. The first-order chi connectivity index (χ1) is 14.5. The van der Waals surface area contributed by atoms with E-state index in [1.165, 1.54) is 37.7 Å². The van der Waals surface area contributed by atoms with Gasteiger partial charge in [0.15, 0.2) is 0 Å². The third-order valence-corrected chi connectivity index (χ3v) is 6.37. The third kappa shape index (κ3) is 3.07. The normalized spacial score (nSPS) is 11.4. The fourth-order valence-electron chi connectivity index (χ4n) is 3.31. The van der Waals surface area contributed by atoms with E-state index in [4.69, 9.17) is 4.74 Å². The van der Waals surface area contributed by atoms with Gasteiger partial charge in [0.1, 0.15) is 5.69 Å². The molecular weight excluding hydrogens is 404 g/mol. The lowest BCUT2D eigenvalue weighted by Gasteiger charge is -2.12. The van der Waals surface area contributed by atoms with Crippen LogP contribution < -0.4 is 0 Å². The molecule has 0 bridgehead atoms. The Morgan fingerprint density at radius 1 is 0.933 bits per heavy atom. The number of fused-ring (bicyclic) bond motifs is 1. The summed E-state index contributed by atoms with van der Waals surface area (Å²) in [5.41, 5.74) is -0.0506. The smallest absolute Gasteiger partial charge is 0.340 e. The fourth-order valence-corrected chi connectivity index (χ4v) is 4.85. The number of ketones is 1. The Balaban J connectivity index is 2.15. The number of ether oxygens (including phenoxy) is 1. The van der Waals surface area contributed by atoms with E-state index >= 15 is 0 Å². The molecule has 8 heteroatoms. The molecule has 0 N–H and O–H groups in total. The summed E-state index contributed by atoms with van der Waals surface area (Å²) in [5.74, 6) is -1.46. The van der Waals surface area contributed by atoms with Crippen LogP contribution in [-0.4, -0.2) is 36.2 Å². The summed E-state index contributed by atoms with van der Waals surface area (Å²) in [6.45, 7) is 0. The highest BCUT2D eigenvalue weighted by Gasteiger charge is 2.34. The van der Waals surface area contributed by atoms with Crippen LogP contribution in [0.15, 0.2) is 84.0 Å². The molecule has 0 aliphatic heterocycles. The van der Waals surface area contributed by atoms with Crippen LogP contribution in [0.5, 0.6) is 0 Å². The molecule has 4 rings (SSSR count). The average molecular weight is 420 g/mol. The van der Waals surface area contributed by atoms with E-state index in [2.05, 4.69) is 4.98 Å². The SMILES string of the molecule is COC(=O)c1c(C(=O)c2cccnc2)n(S(=O)(=O)c2ccccc2)c2ccccc12. The van der Waals surface area contributed by atoms with E-state index in [1.54, 1.807) is 48.5 Å². The summed E-state index contributed by atoms with van der Waals surface area (Å²) in [4.78, 5) is 30.0. The van der Waals surface area contributed by atoms with Gasteiger partial charge in [0.25, 0.3) is 10.0 Å². The van der Waals surface area contributed by atoms with Gasteiger partial charge in [0, 0.05) is 23.3 Å².